The summed E-state index contributed by atoms with van der Waals surface area (Å²) in [6, 6.07) is 3.03. The maximum atomic E-state index is 13.8. The topological polar surface area (TPSA) is 67.1 Å². The normalized spacial score (nSPS) is 15.9. The van der Waals surface area contributed by atoms with Crippen molar-refractivity contribution in [2.45, 2.75) is 25.5 Å². The number of aromatic nitrogens is 4. The third kappa shape index (κ3) is 2.93. The Labute approximate surface area is 142 Å². The van der Waals surface area contributed by atoms with Crippen molar-refractivity contribution >= 4 is 17.0 Å². The molecule has 1 atom stereocenters. The lowest BCUT2D eigenvalue weighted by molar-refractivity contribution is 0.153. The molecule has 3 aromatic rings. The lowest BCUT2D eigenvalue weighted by Gasteiger charge is -2.16. The molecule has 8 heteroatoms. The number of imidazole rings is 1. The van der Waals surface area contributed by atoms with Crippen LogP contribution in [0, 0.1) is 11.6 Å². The van der Waals surface area contributed by atoms with Crippen molar-refractivity contribution in [3.05, 3.63) is 48.1 Å². The van der Waals surface area contributed by atoms with Gasteiger partial charge in [-0.2, -0.15) is 0 Å². The van der Waals surface area contributed by atoms with Crippen LogP contribution in [0.2, 0.25) is 0 Å². The van der Waals surface area contributed by atoms with Crippen LogP contribution in [-0.4, -0.2) is 37.7 Å². The zero-order valence-electron chi connectivity index (χ0n) is 13.4. The summed E-state index contributed by atoms with van der Waals surface area (Å²) in [5.41, 5.74) is 1.12. The van der Waals surface area contributed by atoms with Crippen LogP contribution in [0.25, 0.3) is 11.2 Å². The molecule has 1 fully saturated rings. The highest BCUT2D eigenvalue weighted by Crippen LogP contribution is 2.26. The van der Waals surface area contributed by atoms with Crippen molar-refractivity contribution in [1.82, 2.24) is 19.5 Å². The van der Waals surface area contributed by atoms with Crippen LogP contribution in [0.15, 0.2) is 30.9 Å². The van der Waals surface area contributed by atoms with Crippen molar-refractivity contribution in [3.63, 3.8) is 0 Å². The Kier molecular flexibility index (Phi) is 4.04. The third-order valence-corrected chi connectivity index (χ3v) is 4.47. The average molecular weight is 345 g/mol. The molecule has 1 saturated heterocycles. The smallest absolute Gasteiger partial charge is 0.165 e. The third-order valence-electron chi connectivity index (χ3n) is 4.47. The Morgan fingerprint density at radius 3 is 2.72 bits per heavy atom. The van der Waals surface area contributed by atoms with Crippen LogP contribution < -0.4 is 4.90 Å². The molecule has 1 aromatic carbocycles. The van der Waals surface area contributed by atoms with E-state index in [0.29, 0.717) is 11.2 Å². The molecule has 0 spiro atoms. The fourth-order valence-electron chi connectivity index (χ4n) is 3.22. The first-order valence-electron chi connectivity index (χ1n) is 8.17. The van der Waals surface area contributed by atoms with Crippen molar-refractivity contribution in [3.8, 4) is 0 Å². The molecule has 3 heterocycles. The van der Waals surface area contributed by atoms with Crippen LogP contribution in [0.5, 0.6) is 0 Å². The Hall–Kier alpha value is -2.61. The van der Waals surface area contributed by atoms with Crippen LogP contribution in [0.4, 0.5) is 14.6 Å². The number of hydrogen-bond acceptors (Lipinski definition) is 5. The van der Waals surface area contributed by atoms with Gasteiger partial charge in [0.25, 0.3) is 0 Å². The summed E-state index contributed by atoms with van der Waals surface area (Å²) in [6.07, 6.45) is 4.02. The van der Waals surface area contributed by atoms with E-state index < -0.39 is 17.7 Å². The van der Waals surface area contributed by atoms with Gasteiger partial charge in [0.2, 0.25) is 0 Å². The molecule has 0 bridgehead atoms. The predicted molar refractivity (Wildman–Crippen MR) is 88.1 cm³/mol. The fourth-order valence-corrected chi connectivity index (χ4v) is 3.22. The van der Waals surface area contributed by atoms with Gasteiger partial charge in [0, 0.05) is 18.7 Å². The molecule has 0 amide bonds. The summed E-state index contributed by atoms with van der Waals surface area (Å²) < 4.78 is 28.8. The number of aliphatic hydroxyl groups excluding tert-OH is 1. The van der Waals surface area contributed by atoms with Crippen LogP contribution >= 0.6 is 0 Å². The Morgan fingerprint density at radius 1 is 1.12 bits per heavy atom. The number of benzene rings is 1. The van der Waals surface area contributed by atoms with Crippen molar-refractivity contribution in [2.75, 3.05) is 18.0 Å². The van der Waals surface area contributed by atoms with E-state index in [2.05, 4.69) is 19.9 Å². The first kappa shape index (κ1) is 15.9. The number of fused-ring (bicyclic) bond motifs is 1. The Bertz CT molecular complexity index is 907. The second kappa shape index (κ2) is 6.36. The molecule has 4 rings (SSSR count). The van der Waals surface area contributed by atoms with Gasteiger partial charge in [-0.25, -0.2) is 23.7 Å². The standard InChI is InChI=1S/C17H17F2N5O/c18-11-3-4-13(19)12(7-11)14(25)8-24-10-22-15-16(20-9-21-17(15)24)23-5-1-2-6-23/h3-4,7,9-10,14,25H,1-2,5-6,8H2. The first-order valence-corrected chi connectivity index (χ1v) is 8.17. The van der Waals surface area contributed by atoms with E-state index in [0.717, 1.165) is 49.9 Å². The maximum absolute atomic E-state index is 13.8. The zero-order chi connectivity index (χ0) is 17.4. The van der Waals surface area contributed by atoms with Gasteiger partial charge in [0.1, 0.15) is 18.0 Å². The lowest BCUT2D eigenvalue weighted by atomic mass is 10.1. The van der Waals surface area contributed by atoms with E-state index in [-0.39, 0.29) is 12.1 Å². The van der Waals surface area contributed by atoms with Gasteiger partial charge in [0.15, 0.2) is 17.0 Å². The van der Waals surface area contributed by atoms with Gasteiger partial charge < -0.3 is 14.6 Å². The number of hydrogen-bond donors (Lipinski definition) is 1. The lowest BCUT2D eigenvalue weighted by Crippen LogP contribution is -2.19. The van der Waals surface area contributed by atoms with Crippen molar-refractivity contribution in [2.24, 2.45) is 0 Å². The zero-order valence-corrected chi connectivity index (χ0v) is 13.4. The van der Waals surface area contributed by atoms with E-state index in [1.165, 1.54) is 6.33 Å². The minimum Gasteiger partial charge on any atom is -0.386 e. The van der Waals surface area contributed by atoms with Gasteiger partial charge in [0.05, 0.1) is 19.0 Å². The van der Waals surface area contributed by atoms with Gasteiger partial charge >= 0.3 is 0 Å². The number of aliphatic hydroxyl groups is 1. The second-order valence-corrected chi connectivity index (χ2v) is 6.14. The van der Waals surface area contributed by atoms with Gasteiger partial charge in [-0.3, -0.25) is 0 Å². The SMILES string of the molecule is OC(Cn1cnc2c(N3CCCC3)ncnc21)c1cc(F)ccc1F. The molecule has 2 aromatic heterocycles. The van der Waals surface area contributed by atoms with Crippen molar-refractivity contribution < 1.29 is 13.9 Å². The highest BCUT2D eigenvalue weighted by molar-refractivity contribution is 5.83. The fraction of sp³-hybridized carbons (Fsp3) is 0.353. The molecule has 1 aliphatic heterocycles. The second-order valence-electron chi connectivity index (χ2n) is 6.14. The summed E-state index contributed by atoms with van der Waals surface area (Å²) in [7, 11) is 0. The predicted octanol–water partition coefficient (Wildman–Crippen LogP) is 2.44. The molecule has 0 saturated carbocycles. The molecule has 0 radical (unpaired) electrons. The summed E-state index contributed by atoms with van der Waals surface area (Å²) in [5.74, 6) is -0.469. The minimum absolute atomic E-state index is 0.0212. The molecular formula is C17H17F2N5O. The number of rotatable bonds is 4. The highest BCUT2D eigenvalue weighted by Gasteiger charge is 2.21. The number of halogens is 2. The average Bonchev–Trinajstić information content (AvgIpc) is 3.27. The molecule has 25 heavy (non-hydrogen) atoms. The quantitative estimate of drug-likeness (QED) is 0.787. The molecule has 0 aliphatic carbocycles. The molecule has 1 N–H and O–H groups in total. The van der Waals surface area contributed by atoms with Gasteiger partial charge in [-0.05, 0) is 31.0 Å². The van der Waals surface area contributed by atoms with Crippen LogP contribution in [-0.2, 0) is 6.54 Å². The van der Waals surface area contributed by atoms with Crippen molar-refractivity contribution in [1.29, 1.82) is 0 Å². The van der Waals surface area contributed by atoms with Crippen LogP contribution in [0.1, 0.15) is 24.5 Å². The molecule has 130 valence electrons. The van der Waals surface area contributed by atoms with Gasteiger partial charge in [-0.15, -0.1) is 0 Å². The minimum atomic E-state index is -1.21. The molecule has 1 aliphatic rings. The highest BCUT2D eigenvalue weighted by atomic mass is 19.1. The largest absolute Gasteiger partial charge is 0.386 e. The van der Waals surface area contributed by atoms with E-state index in [4.69, 9.17) is 0 Å². The van der Waals surface area contributed by atoms with E-state index in [9.17, 15) is 13.9 Å². The Morgan fingerprint density at radius 2 is 1.92 bits per heavy atom. The molecule has 6 nitrogen and oxygen atoms in total. The summed E-state index contributed by atoms with van der Waals surface area (Å²) in [6.45, 7) is 1.87. The monoisotopic (exact) mass is 345 g/mol. The maximum Gasteiger partial charge on any atom is 0.165 e. The molecular weight excluding hydrogens is 328 g/mol. The van der Waals surface area contributed by atoms with E-state index >= 15 is 0 Å². The van der Waals surface area contributed by atoms with E-state index in [1.54, 1.807) is 10.9 Å². The molecule has 1 unspecified atom stereocenters. The van der Waals surface area contributed by atoms with Gasteiger partial charge in [-0.1, -0.05) is 0 Å². The Balaban J connectivity index is 1.66. The number of anilines is 1. The van der Waals surface area contributed by atoms with Crippen LogP contribution in [0.3, 0.4) is 0 Å². The van der Waals surface area contributed by atoms with E-state index in [1.807, 2.05) is 0 Å². The first-order chi connectivity index (χ1) is 12.1. The summed E-state index contributed by atoms with van der Waals surface area (Å²) >= 11 is 0. The summed E-state index contributed by atoms with van der Waals surface area (Å²) in [5, 5.41) is 10.3. The summed E-state index contributed by atoms with van der Waals surface area (Å²) in [4.78, 5) is 15.1. The number of nitrogens with zero attached hydrogens (tertiary/aromatic N) is 5.